The van der Waals surface area contributed by atoms with Gasteiger partial charge in [0.1, 0.15) is 0 Å². The highest BCUT2D eigenvalue weighted by atomic mass is 79.9. The highest BCUT2D eigenvalue weighted by Crippen LogP contribution is 2.25. The van der Waals surface area contributed by atoms with Gasteiger partial charge in [0, 0.05) is 18.0 Å². The maximum absolute atomic E-state index is 12.4. The Hall–Kier alpha value is -1.18. The number of piperidine rings is 1. The summed E-state index contributed by atoms with van der Waals surface area (Å²) in [6, 6.07) is 4.31. The average molecular weight is 425 g/mol. The van der Waals surface area contributed by atoms with Gasteiger partial charge in [-0.15, -0.1) is 11.3 Å². The molecule has 1 amide bonds. The van der Waals surface area contributed by atoms with Gasteiger partial charge >= 0.3 is 0 Å². The number of aromatic nitrogens is 2. The number of rotatable bonds is 6. The van der Waals surface area contributed by atoms with E-state index in [1.807, 2.05) is 11.3 Å². The predicted molar refractivity (Wildman–Crippen MR) is 105 cm³/mol. The van der Waals surface area contributed by atoms with Crippen LogP contribution in [-0.2, 0) is 6.54 Å². The Labute approximate surface area is 161 Å². The fourth-order valence-corrected chi connectivity index (χ4v) is 4.73. The van der Waals surface area contributed by atoms with Crippen molar-refractivity contribution in [2.75, 3.05) is 19.6 Å². The molecule has 2 N–H and O–H groups in total. The molecule has 0 radical (unpaired) electrons. The third-order valence-corrected chi connectivity index (χ3v) is 6.41. The van der Waals surface area contributed by atoms with Crippen molar-refractivity contribution in [3.8, 4) is 0 Å². The fraction of sp³-hybridized carbons (Fsp3) is 0.556. The Morgan fingerprint density at radius 2 is 2.24 bits per heavy atom. The molecule has 0 atom stereocenters. The van der Waals surface area contributed by atoms with Crippen molar-refractivity contribution in [3.05, 3.63) is 38.3 Å². The Bertz CT molecular complexity index is 690. The molecule has 0 saturated carbocycles. The smallest absolute Gasteiger partial charge is 0.272 e. The monoisotopic (exact) mass is 424 g/mol. The summed E-state index contributed by atoms with van der Waals surface area (Å²) in [5.41, 5.74) is 1.42. The van der Waals surface area contributed by atoms with E-state index in [2.05, 4.69) is 67.7 Å². The number of hydrogen-bond acceptors (Lipinski definition) is 4. The summed E-state index contributed by atoms with van der Waals surface area (Å²) in [5, 5.41) is 12.3. The molecule has 25 heavy (non-hydrogen) atoms. The highest BCUT2D eigenvalue weighted by Gasteiger charge is 2.22. The molecule has 5 nitrogen and oxygen atoms in total. The summed E-state index contributed by atoms with van der Waals surface area (Å²) >= 11 is 5.32. The molecule has 0 aromatic carbocycles. The van der Waals surface area contributed by atoms with Gasteiger partial charge in [-0.1, -0.05) is 19.9 Å². The van der Waals surface area contributed by atoms with Crippen LogP contribution < -0.4 is 5.32 Å². The summed E-state index contributed by atoms with van der Waals surface area (Å²) in [5.74, 6) is 0.748. The number of thiophene rings is 1. The first-order chi connectivity index (χ1) is 12.0. The minimum Gasteiger partial charge on any atom is -0.350 e. The van der Waals surface area contributed by atoms with E-state index in [9.17, 15) is 4.79 Å². The Kier molecular flexibility index (Phi) is 6.30. The van der Waals surface area contributed by atoms with E-state index < -0.39 is 0 Å². The zero-order valence-corrected chi connectivity index (χ0v) is 17.1. The first-order valence-corrected chi connectivity index (χ1v) is 10.5. The lowest BCUT2D eigenvalue weighted by Gasteiger charge is -2.31. The molecule has 7 heteroatoms. The van der Waals surface area contributed by atoms with Crippen LogP contribution >= 0.6 is 27.3 Å². The number of halogens is 1. The molecular formula is C18H25BrN4OS. The molecule has 2 aromatic rings. The van der Waals surface area contributed by atoms with Crippen molar-refractivity contribution in [2.45, 2.75) is 39.2 Å². The Balaban J connectivity index is 1.44. The number of amides is 1. The van der Waals surface area contributed by atoms with Crippen LogP contribution in [-0.4, -0.2) is 40.6 Å². The van der Waals surface area contributed by atoms with E-state index in [4.69, 9.17) is 0 Å². The van der Waals surface area contributed by atoms with Crippen molar-refractivity contribution in [3.63, 3.8) is 0 Å². The largest absolute Gasteiger partial charge is 0.350 e. The van der Waals surface area contributed by atoms with Crippen LogP contribution in [0, 0.1) is 5.92 Å². The molecule has 1 fully saturated rings. The average Bonchev–Trinajstić information content (AvgIpc) is 3.23. The van der Waals surface area contributed by atoms with E-state index in [1.165, 1.54) is 4.88 Å². The third-order valence-electron chi connectivity index (χ3n) is 4.74. The van der Waals surface area contributed by atoms with Gasteiger partial charge in [-0.05, 0) is 65.1 Å². The van der Waals surface area contributed by atoms with Gasteiger partial charge in [0.25, 0.3) is 5.91 Å². The second-order valence-corrected chi connectivity index (χ2v) is 8.79. The molecule has 136 valence electrons. The SMILES string of the molecule is CC(C)c1[nH]nc(C(=O)NCC2CCN(Cc3cccs3)CC2)c1Br. The Morgan fingerprint density at radius 3 is 2.84 bits per heavy atom. The zero-order valence-electron chi connectivity index (χ0n) is 14.7. The van der Waals surface area contributed by atoms with Crippen LogP contribution in [0.25, 0.3) is 0 Å². The number of hydrogen-bond donors (Lipinski definition) is 2. The molecule has 3 heterocycles. The summed E-state index contributed by atoms with van der Waals surface area (Å²) in [4.78, 5) is 16.3. The van der Waals surface area contributed by atoms with E-state index >= 15 is 0 Å². The van der Waals surface area contributed by atoms with Crippen molar-refractivity contribution >= 4 is 33.2 Å². The van der Waals surface area contributed by atoms with Gasteiger partial charge in [0.05, 0.1) is 10.2 Å². The molecule has 1 aliphatic rings. The molecule has 1 saturated heterocycles. The molecule has 2 aromatic heterocycles. The number of nitrogens with zero attached hydrogens (tertiary/aromatic N) is 2. The Morgan fingerprint density at radius 1 is 1.48 bits per heavy atom. The van der Waals surface area contributed by atoms with E-state index in [0.29, 0.717) is 17.5 Å². The standard InChI is InChI=1S/C18H25BrN4OS/c1-12(2)16-15(19)17(22-21-16)18(24)20-10-13-5-7-23(8-6-13)11-14-4-3-9-25-14/h3-4,9,12-13H,5-8,10-11H2,1-2H3,(H,20,24)(H,21,22). The second-order valence-electron chi connectivity index (χ2n) is 6.96. The van der Waals surface area contributed by atoms with Crippen molar-refractivity contribution in [2.24, 2.45) is 5.92 Å². The van der Waals surface area contributed by atoms with Crippen LogP contribution in [0.3, 0.4) is 0 Å². The molecule has 0 spiro atoms. The minimum atomic E-state index is -0.101. The van der Waals surface area contributed by atoms with Crippen LogP contribution in [0.2, 0.25) is 0 Å². The van der Waals surface area contributed by atoms with Gasteiger partial charge < -0.3 is 5.32 Å². The molecule has 3 rings (SSSR count). The van der Waals surface area contributed by atoms with Gasteiger partial charge in [-0.3, -0.25) is 14.8 Å². The number of nitrogens with one attached hydrogen (secondary N) is 2. The summed E-state index contributed by atoms with van der Waals surface area (Å²) in [6.45, 7) is 8.12. The van der Waals surface area contributed by atoms with Crippen LogP contribution in [0.5, 0.6) is 0 Å². The third kappa shape index (κ3) is 4.71. The number of likely N-dealkylation sites (tertiary alicyclic amines) is 1. The van der Waals surface area contributed by atoms with Gasteiger partial charge in [-0.25, -0.2) is 0 Å². The summed E-state index contributed by atoms with van der Waals surface area (Å²) in [7, 11) is 0. The zero-order chi connectivity index (χ0) is 17.8. The maximum atomic E-state index is 12.4. The van der Waals surface area contributed by atoms with Crippen LogP contribution in [0.15, 0.2) is 22.0 Å². The maximum Gasteiger partial charge on any atom is 0.272 e. The van der Waals surface area contributed by atoms with Gasteiger partial charge in [-0.2, -0.15) is 5.10 Å². The first-order valence-electron chi connectivity index (χ1n) is 8.81. The molecule has 0 bridgehead atoms. The lowest BCUT2D eigenvalue weighted by Crippen LogP contribution is -2.38. The van der Waals surface area contributed by atoms with E-state index in [-0.39, 0.29) is 5.91 Å². The van der Waals surface area contributed by atoms with Crippen molar-refractivity contribution in [1.82, 2.24) is 20.4 Å². The minimum absolute atomic E-state index is 0.101. The van der Waals surface area contributed by atoms with Crippen molar-refractivity contribution in [1.29, 1.82) is 0 Å². The lowest BCUT2D eigenvalue weighted by atomic mass is 9.96. The van der Waals surface area contributed by atoms with E-state index in [1.54, 1.807) is 0 Å². The molecule has 0 unspecified atom stereocenters. The van der Waals surface area contributed by atoms with Crippen molar-refractivity contribution < 1.29 is 4.79 Å². The molecule has 0 aliphatic carbocycles. The van der Waals surface area contributed by atoms with Crippen LogP contribution in [0.4, 0.5) is 0 Å². The number of aromatic amines is 1. The predicted octanol–water partition coefficient (Wildman–Crippen LogP) is 4.00. The molecular weight excluding hydrogens is 400 g/mol. The van der Waals surface area contributed by atoms with E-state index in [0.717, 1.165) is 49.2 Å². The van der Waals surface area contributed by atoms with Gasteiger partial charge in [0.15, 0.2) is 5.69 Å². The number of carbonyl (C=O) groups excluding carboxylic acids is 1. The normalized spacial score (nSPS) is 16.5. The number of carbonyl (C=O) groups is 1. The second kappa shape index (κ2) is 8.47. The number of H-pyrrole nitrogens is 1. The fourth-order valence-electron chi connectivity index (χ4n) is 3.17. The highest BCUT2D eigenvalue weighted by molar-refractivity contribution is 9.10. The summed E-state index contributed by atoms with van der Waals surface area (Å²) in [6.07, 6.45) is 2.26. The van der Waals surface area contributed by atoms with Crippen LogP contribution in [0.1, 0.15) is 53.7 Å². The molecule has 1 aliphatic heterocycles. The first kappa shape index (κ1) is 18.6. The van der Waals surface area contributed by atoms with Gasteiger partial charge in [0.2, 0.25) is 0 Å². The topological polar surface area (TPSA) is 61.0 Å². The quantitative estimate of drug-likeness (QED) is 0.736. The summed E-state index contributed by atoms with van der Waals surface area (Å²) < 4.78 is 0.783. The lowest BCUT2D eigenvalue weighted by molar-refractivity contribution is 0.0929.